The Labute approximate surface area is 186 Å². The van der Waals surface area contributed by atoms with E-state index in [1.807, 2.05) is 47.4 Å². The Bertz CT molecular complexity index is 1070. The minimum atomic E-state index is -0.00582. The Morgan fingerprint density at radius 2 is 2.10 bits per heavy atom. The van der Waals surface area contributed by atoms with Gasteiger partial charge in [-0.2, -0.15) is 0 Å². The lowest BCUT2D eigenvalue weighted by Gasteiger charge is -2.26. The van der Waals surface area contributed by atoms with Crippen LogP contribution < -0.4 is 10.5 Å². The molecule has 0 radical (unpaired) electrons. The summed E-state index contributed by atoms with van der Waals surface area (Å²) in [4.78, 5) is 11.0. The molecule has 31 heavy (non-hydrogen) atoms. The van der Waals surface area contributed by atoms with E-state index in [-0.39, 0.29) is 12.6 Å². The Hall–Kier alpha value is -3.16. The van der Waals surface area contributed by atoms with Crippen LogP contribution in [0.3, 0.4) is 0 Å². The van der Waals surface area contributed by atoms with E-state index in [4.69, 9.17) is 15.5 Å². The zero-order chi connectivity index (χ0) is 21.6. The number of thiazole rings is 1. The summed E-state index contributed by atoms with van der Waals surface area (Å²) in [5.41, 5.74) is 8.55. The molecule has 1 aliphatic rings. The van der Waals surface area contributed by atoms with Crippen molar-refractivity contribution in [3.05, 3.63) is 83.5 Å². The normalized spacial score (nSPS) is 17.3. The standard InChI is InChI=1S/C24H26N4O2S/c1-2-13-26-24(23(25)28-14-5-6-18(28)16-29)30-19-11-9-17(10-12-19)15-22-27-20-7-3-4-8-21(20)31-22/h2-4,7-13,18,29H,1,5-6,14-16,25H2/b24-23-,26-13?/t18-/m0/s1. The molecule has 0 amide bonds. The van der Waals surface area contributed by atoms with Gasteiger partial charge in [0.15, 0.2) is 5.82 Å². The number of nitrogens with two attached hydrogens (primary N) is 1. The number of ether oxygens (including phenoxy) is 1. The van der Waals surface area contributed by atoms with Crippen molar-refractivity contribution in [2.75, 3.05) is 13.2 Å². The average molecular weight is 435 g/mol. The molecule has 0 spiro atoms. The van der Waals surface area contributed by atoms with Gasteiger partial charge in [-0.1, -0.05) is 36.9 Å². The number of para-hydroxylation sites is 1. The van der Waals surface area contributed by atoms with Crippen molar-refractivity contribution in [2.45, 2.75) is 25.3 Å². The number of hydrogen-bond acceptors (Lipinski definition) is 7. The second-order valence-electron chi connectivity index (χ2n) is 7.37. The van der Waals surface area contributed by atoms with E-state index < -0.39 is 0 Å². The molecule has 0 aliphatic carbocycles. The maximum absolute atomic E-state index is 9.61. The highest BCUT2D eigenvalue weighted by molar-refractivity contribution is 7.18. The molecule has 4 rings (SSSR count). The highest BCUT2D eigenvalue weighted by atomic mass is 32.1. The fourth-order valence-corrected chi connectivity index (χ4v) is 4.69. The zero-order valence-corrected chi connectivity index (χ0v) is 18.1. The molecular formula is C24H26N4O2S. The van der Waals surface area contributed by atoms with Crippen molar-refractivity contribution < 1.29 is 9.84 Å². The van der Waals surface area contributed by atoms with Crippen molar-refractivity contribution in [2.24, 2.45) is 10.7 Å². The highest BCUT2D eigenvalue weighted by Gasteiger charge is 2.27. The Morgan fingerprint density at radius 1 is 1.29 bits per heavy atom. The van der Waals surface area contributed by atoms with E-state index in [1.165, 1.54) is 4.70 Å². The summed E-state index contributed by atoms with van der Waals surface area (Å²) in [5, 5.41) is 10.7. The number of rotatable bonds is 8. The first-order valence-electron chi connectivity index (χ1n) is 10.3. The Morgan fingerprint density at radius 3 is 2.84 bits per heavy atom. The van der Waals surface area contributed by atoms with Crippen LogP contribution in [0.15, 0.2) is 77.9 Å². The van der Waals surface area contributed by atoms with E-state index in [9.17, 15) is 5.11 Å². The number of aliphatic imine (C=N–C) groups is 1. The van der Waals surface area contributed by atoms with Crippen molar-refractivity contribution in [3.8, 4) is 5.75 Å². The third-order valence-corrected chi connectivity index (χ3v) is 6.28. The third kappa shape index (κ3) is 4.95. The topological polar surface area (TPSA) is 84.0 Å². The van der Waals surface area contributed by atoms with Gasteiger partial charge in [0, 0.05) is 19.2 Å². The quantitative estimate of drug-likeness (QED) is 0.413. The lowest BCUT2D eigenvalue weighted by molar-refractivity contribution is 0.179. The van der Waals surface area contributed by atoms with Gasteiger partial charge in [0.1, 0.15) is 5.75 Å². The van der Waals surface area contributed by atoms with Crippen LogP contribution in [-0.2, 0) is 6.42 Å². The summed E-state index contributed by atoms with van der Waals surface area (Å²) < 4.78 is 7.21. The molecule has 2 aromatic carbocycles. The van der Waals surface area contributed by atoms with E-state index in [0.29, 0.717) is 17.5 Å². The molecule has 1 saturated heterocycles. The first-order valence-corrected chi connectivity index (χ1v) is 11.1. The zero-order valence-electron chi connectivity index (χ0n) is 17.3. The van der Waals surface area contributed by atoms with E-state index >= 15 is 0 Å². The minimum Gasteiger partial charge on any atom is -0.436 e. The number of hydrogen-bond donors (Lipinski definition) is 2. The molecule has 160 valence electrons. The Balaban J connectivity index is 1.50. The summed E-state index contributed by atoms with van der Waals surface area (Å²) in [5.74, 6) is 1.37. The number of aliphatic hydroxyl groups is 1. The van der Waals surface area contributed by atoms with Gasteiger partial charge >= 0.3 is 0 Å². The van der Waals surface area contributed by atoms with Gasteiger partial charge in [-0.25, -0.2) is 9.98 Å². The fourth-order valence-electron chi connectivity index (χ4n) is 3.69. The molecule has 6 nitrogen and oxygen atoms in total. The molecular weight excluding hydrogens is 408 g/mol. The predicted octanol–water partition coefficient (Wildman–Crippen LogP) is 4.06. The van der Waals surface area contributed by atoms with Gasteiger partial charge in [0.25, 0.3) is 5.88 Å². The molecule has 3 N–H and O–H groups in total. The van der Waals surface area contributed by atoms with Crippen molar-refractivity contribution in [3.63, 3.8) is 0 Å². The van der Waals surface area contributed by atoms with Crippen LogP contribution in [-0.4, -0.2) is 40.4 Å². The lowest BCUT2D eigenvalue weighted by Crippen LogP contribution is -2.36. The Kier molecular flexibility index (Phi) is 6.64. The van der Waals surface area contributed by atoms with Crippen LogP contribution >= 0.6 is 11.3 Å². The van der Waals surface area contributed by atoms with Crippen LogP contribution in [0.4, 0.5) is 0 Å². The van der Waals surface area contributed by atoms with Crippen LogP contribution in [0, 0.1) is 0 Å². The fraction of sp³-hybridized carbons (Fsp3) is 0.250. The van der Waals surface area contributed by atoms with Crippen molar-refractivity contribution in [1.29, 1.82) is 0 Å². The van der Waals surface area contributed by atoms with Gasteiger partial charge in [0.05, 0.1) is 27.9 Å². The summed E-state index contributed by atoms with van der Waals surface area (Å²) in [6, 6.07) is 16.0. The number of aliphatic hydroxyl groups excluding tert-OH is 1. The SMILES string of the molecule is C=CC=N/C(Oc1ccc(Cc2nc3ccccc3s2)cc1)=C(\N)N1CCC[C@H]1CO. The number of likely N-dealkylation sites (tertiary alicyclic amines) is 1. The molecule has 1 atom stereocenters. The molecule has 0 bridgehead atoms. The molecule has 0 saturated carbocycles. The second-order valence-corrected chi connectivity index (χ2v) is 8.49. The smallest absolute Gasteiger partial charge is 0.260 e. The lowest BCUT2D eigenvalue weighted by atomic mass is 10.1. The van der Waals surface area contributed by atoms with Crippen LogP contribution in [0.5, 0.6) is 5.75 Å². The van der Waals surface area contributed by atoms with E-state index in [2.05, 4.69) is 17.6 Å². The molecule has 1 aliphatic heterocycles. The number of fused-ring (bicyclic) bond motifs is 1. The van der Waals surface area contributed by atoms with Crippen molar-refractivity contribution in [1.82, 2.24) is 9.88 Å². The van der Waals surface area contributed by atoms with Crippen molar-refractivity contribution >= 4 is 27.8 Å². The second kappa shape index (κ2) is 9.76. The van der Waals surface area contributed by atoms with Crippen LogP contribution in [0.25, 0.3) is 10.2 Å². The summed E-state index contributed by atoms with van der Waals surface area (Å²) >= 11 is 1.72. The molecule has 0 unspecified atom stereocenters. The largest absolute Gasteiger partial charge is 0.436 e. The van der Waals surface area contributed by atoms with Crippen LogP contribution in [0.2, 0.25) is 0 Å². The van der Waals surface area contributed by atoms with Gasteiger partial charge < -0.3 is 20.5 Å². The molecule has 1 aromatic heterocycles. The molecule has 7 heteroatoms. The number of benzene rings is 2. The van der Waals surface area contributed by atoms with E-state index in [1.54, 1.807) is 23.6 Å². The van der Waals surface area contributed by atoms with Gasteiger partial charge in [-0.05, 0) is 42.7 Å². The average Bonchev–Trinajstić information content (AvgIpc) is 3.43. The van der Waals surface area contributed by atoms with Gasteiger partial charge in [0.2, 0.25) is 0 Å². The maximum atomic E-state index is 9.61. The first-order chi connectivity index (χ1) is 15.2. The van der Waals surface area contributed by atoms with Gasteiger partial charge in [-0.15, -0.1) is 11.3 Å². The summed E-state index contributed by atoms with van der Waals surface area (Å²) in [6.45, 7) is 4.50. The first kappa shape index (κ1) is 21.1. The van der Waals surface area contributed by atoms with Gasteiger partial charge in [-0.3, -0.25) is 0 Å². The maximum Gasteiger partial charge on any atom is 0.260 e. The number of allylic oxidation sites excluding steroid dienone is 1. The van der Waals surface area contributed by atoms with E-state index in [0.717, 1.165) is 41.9 Å². The van der Waals surface area contributed by atoms with Crippen LogP contribution in [0.1, 0.15) is 23.4 Å². The highest BCUT2D eigenvalue weighted by Crippen LogP contribution is 2.26. The minimum absolute atomic E-state index is 0.00582. The molecule has 3 aromatic rings. The molecule has 2 heterocycles. The summed E-state index contributed by atoms with van der Waals surface area (Å²) in [7, 11) is 0. The number of aromatic nitrogens is 1. The summed E-state index contributed by atoms with van der Waals surface area (Å²) in [6.07, 6.45) is 5.77. The third-order valence-electron chi connectivity index (χ3n) is 5.25. The monoisotopic (exact) mass is 434 g/mol. The number of nitrogens with zero attached hydrogens (tertiary/aromatic N) is 3. The molecule has 1 fully saturated rings. The predicted molar refractivity (Wildman–Crippen MR) is 126 cm³/mol.